The van der Waals surface area contributed by atoms with E-state index in [2.05, 4.69) is 15.3 Å². The summed E-state index contributed by atoms with van der Waals surface area (Å²) in [5, 5.41) is 2.61. The van der Waals surface area contributed by atoms with E-state index >= 15 is 0 Å². The van der Waals surface area contributed by atoms with E-state index in [0.717, 1.165) is 22.8 Å². The number of hydrogen-bond donors (Lipinski definition) is 1. The predicted molar refractivity (Wildman–Crippen MR) is 81.2 cm³/mol. The Hall–Kier alpha value is -2.69. The molecular formula is C15H16N4O. The van der Waals surface area contributed by atoms with Gasteiger partial charge in [0.1, 0.15) is 5.84 Å². The Bertz CT molecular complexity index is 593. The summed E-state index contributed by atoms with van der Waals surface area (Å²) >= 11 is 0. The number of carbonyl (C=O) groups is 1. The Kier molecular flexibility index (Phi) is 4.44. The predicted octanol–water partition coefficient (Wildman–Crippen LogP) is 2.16. The highest BCUT2D eigenvalue weighted by molar-refractivity contribution is 6.09. The molecule has 0 unspecified atom stereocenters. The van der Waals surface area contributed by atoms with Crippen molar-refractivity contribution in [1.82, 2.24) is 4.98 Å². The lowest BCUT2D eigenvalue weighted by molar-refractivity contribution is -0.105. The van der Waals surface area contributed by atoms with E-state index in [1.54, 1.807) is 19.4 Å². The minimum Gasteiger partial charge on any atom is -0.329 e. The number of nitrogens with zero attached hydrogens (tertiary/aromatic N) is 3. The average molecular weight is 268 g/mol. The number of benzene rings is 1. The highest BCUT2D eigenvalue weighted by Crippen LogP contribution is 2.18. The van der Waals surface area contributed by atoms with E-state index in [1.807, 2.05) is 48.3 Å². The van der Waals surface area contributed by atoms with Gasteiger partial charge in [0.15, 0.2) is 0 Å². The zero-order chi connectivity index (χ0) is 14.4. The summed E-state index contributed by atoms with van der Waals surface area (Å²) in [7, 11) is 3.71. The summed E-state index contributed by atoms with van der Waals surface area (Å²) in [6.45, 7) is 0. The second-order valence-corrected chi connectivity index (χ2v) is 4.15. The minimum atomic E-state index is 0.661. The molecule has 1 aromatic carbocycles. The molecule has 0 saturated heterocycles. The maximum atomic E-state index is 10.4. The maximum absolute atomic E-state index is 10.4. The Morgan fingerprint density at radius 1 is 1.20 bits per heavy atom. The number of rotatable bonds is 4. The molecule has 0 spiro atoms. The molecule has 1 amide bonds. The molecule has 1 heterocycles. The maximum Gasteiger partial charge on any atom is 0.211 e. The van der Waals surface area contributed by atoms with Crippen molar-refractivity contribution in [2.75, 3.05) is 24.3 Å². The first kappa shape index (κ1) is 13.7. The number of hydrogen-bond acceptors (Lipinski definition) is 3. The smallest absolute Gasteiger partial charge is 0.211 e. The normalized spacial score (nSPS) is 11.0. The van der Waals surface area contributed by atoms with Gasteiger partial charge in [-0.3, -0.25) is 14.8 Å². The SMILES string of the molecule is CN=C(c1ccncc1)N(C)c1ccc(NC=O)cc1. The van der Waals surface area contributed by atoms with Crippen LogP contribution < -0.4 is 10.2 Å². The van der Waals surface area contributed by atoms with Gasteiger partial charge in [-0.15, -0.1) is 0 Å². The molecule has 2 rings (SSSR count). The number of aromatic nitrogens is 1. The van der Waals surface area contributed by atoms with Crippen molar-refractivity contribution in [3.05, 3.63) is 54.4 Å². The van der Waals surface area contributed by atoms with Gasteiger partial charge in [-0.05, 0) is 36.4 Å². The van der Waals surface area contributed by atoms with Crippen LogP contribution in [-0.4, -0.2) is 31.3 Å². The Balaban J connectivity index is 2.25. The van der Waals surface area contributed by atoms with Crippen LogP contribution in [0.2, 0.25) is 0 Å². The Morgan fingerprint density at radius 3 is 2.40 bits per heavy atom. The van der Waals surface area contributed by atoms with E-state index in [4.69, 9.17) is 0 Å². The topological polar surface area (TPSA) is 57.6 Å². The highest BCUT2D eigenvalue weighted by Gasteiger charge is 2.10. The zero-order valence-corrected chi connectivity index (χ0v) is 11.4. The number of carbonyl (C=O) groups excluding carboxylic acids is 1. The van der Waals surface area contributed by atoms with Crippen molar-refractivity contribution in [2.24, 2.45) is 4.99 Å². The van der Waals surface area contributed by atoms with Gasteiger partial charge in [-0.1, -0.05) is 0 Å². The second kappa shape index (κ2) is 6.47. The third-order valence-electron chi connectivity index (χ3n) is 2.95. The molecule has 102 valence electrons. The van der Waals surface area contributed by atoms with Crippen molar-refractivity contribution < 1.29 is 4.79 Å². The molecule has 0 aliphatic heterocycles. The van der Waals surface area contributed by atoms with Crippen LogP contribution in [0.4, 0.5) is 11.4 Å². The summed E-state index contributed by atoms with van der Waals surface area (Å²) in [5.74, 6) is 0.850. The van der Waals surface area contributed by atoms with E-state index in [-0.39, 0.29) is 0 Å². The van der Waals surface area contributed by atoms with Gasteiger partial charge in [0.05, 0.1) is 0 Å². The molecule has 0 atom stereocenters. The van der Waals surface area contributed by atoms with Crippen LogP contribution in [0.5, 0.6) is 0 Å². The van der Waals surface area contributed by atoms with Crippen LogP contribution in [0.25, 0.3) is 0 Å². The standard InChI is InChI=1S/C15H16N4O/c1-16-15(12-7-9-17-10-8-12)19(2)14-5-3-13(4-6-14)18-11-20/h3-11H,1-2H3,(H,18,20). The molecule has 5 heteroatoms. The van der Waals surface area contributed by atoms with Crippen LogP contribution in [0.15, 0.2) is 53.8 Å². The summed E-state index contributed by atoms with van der Waals surface area (Å²) in [4.78, 5) is 20.7. The Morgan fingerprint density at radius 2 is 1.85 bits per heavy atom. The van der Waals surface area contributed by atoms with Crippen molar-refractivity contribution >= 4 is 23.6 Å². The lowest BCUT2D eigenvalue weighted by Gasteiger charge is -2.21. The molecule has 1 N–H and O–H groups in total. The van der Waals surface area contributed by atoms with E-state index < -0.39 is 0 Å². The quantitative estimate of drug-likeness (QED) is 0.525. The summed E-state index contributed by atoms with van der Waals surface area (Å²) in [5.41, 5.74) is 2.75. The van der Waals surface area contributed by atoms with Gasteiger partial charge in [-0.25, -0.2) is 0 Å². The largest absolute Gasteiger partial charge is 0.329 e. The van der Waals surface area contributed by atoms with Gasteiger partial charge in [0.2, 0.25) is 6.41 Å². The molecule has 2 aromatic rings. The van der Waals surface area contributed by atoms with Gasteiger partial charge in [-0.2, -0.15) is 0 Å². The van der Waals surface area contributed by atoms with Gasteiger partial charge in [0, 0.05) is 43.4 Å². The fourth-order valence-electron chi connectivity index (χ4n) is 1.95. The van der Waals surface area contributed by atoms with E-state index in [1.165, 1.54) is 0 Å². The first-order chi connectivity index (χ1) is 9.76. The molecule has 5 nitrogen and oxygen atoms in total. The molecule has 0 radical (unpaired) electrons. The van der Waals surface area contributed by atoms with Gasteiger partial charge < -0.3 is 10.2 Å². The number of pyridine rings is 1. The molecule has 0 aliphatic carbocycles. The Labute approximate surface area is 118 Å². The van der Waals surface area contributed by atoms with Crippen LogP contribution in [0.3, 0.4) is 0 Å². The molecular weight excluding hydrogens is 252 g/mol. The van der Waals surface area contributed by atoms with Crippen molar-refractivity contribution in [3.8, 4) is 0 Å². The number of nitrogens with one attached hydrogen (secondary N) is 1. The van der Waals surface area contributed by atoms with Crippen LogP contribution in [0.1, 0.15) is 5.56 Å². The second-order valence-electron chi connectivity index (χ2n) is 4.15. The van der Waals surface area contributed by atoms with Crippen LogP contribution in [0, 0.1) is 0 Å². The fraction of sp³-hybridized carbons (Fsp3) is 0.133. The first-order valence-corrected chi connectivity index (χ1v) is 6.17. The highest BCUT2D eigenvalue weighted by atomic mass is 16.1. The summed E-state index contributed by atoms with van der Waals surface area (Å²) < 4.78 is 0. The van der Waals surface area contributed by atoms with E-state index in [0.29, 0.717) is 6.41 Å². The third kappa shape index (κ3) is 3.00. The zero-order valence-electron chi connectivity index (χ0n) is 11.4. The van der Waals surface area contributed by atoms with Crippen molar-refractivity contribution in [3.63, 3.8) is 0 Å². The minimum absolute atomic E-state index is 0.661. The van der Waals surface area contributed by atoms with Crippen LogP contribution in [-0.2, 0) is 4.79 Å². The number of anilines is 2. The lowest BCUT2D eigenvalue weighted by Crippen LogP contribution is -2.27. The third-order valence-corrected chi connectivity index (χ3v) is 2.95. The average Bonchev–Trinajstić information content (AvgIpc) is 2.50. The van der Waals surface area contributed by atoms with Crippen molar-refractivity contribution in [1.29, 1.82) is 0 Å². The molecule has 0 fully saturated rings. The van der Waals surface area contributed by atoms with Gasteiger partial charge >= 0.3 is 0 Å². The summed E-state index contributed by atoms with van der Waals surface area (Å²) in [6, 6.07) is 11.4. The number of amides is 1. The molecule has 1 aromatic heterocycles. The number of amidine groups is 1. The van der Waals surface area contributed by atoms with Gasteiger partial charge in [0.25, 0.3) is 0 Å². The molecule has 0 saturated carbocycles. The fourth-order valence-corrected chi connectivity index (χ4v) is 1.95. The monoisotopic (exact) mass is 268 g/mol. The van der Waals surface area contributed by atoms with Crippen molar-refractivity contribution in [2.45, 2.75) is 0 Å². The number of aliphatic imine (C=N–C) groups is 1. The lowest BCUT2D eigenvalue weighted by atomic mass is 10.2. The van der Waals surface area contributed by atoms with Crippen LogP contribution >= 0.6 is 0 Å². The molecule has 0 aliphatic rings. The molecule has 20 heavy (non-hydrogen) atoms. The first-order valence-electron chi connectivity index (χ1n) is 6.17. The van der Waals surface area contributed by atoms with E-state index in [9.17, 15) is 4.79 Å². The summed E-state index contributed by atoms with van der Waals surface area (Å²) in [6.07, 6.45) is 4.14. The molecule has 0 bridgehead atoms.